The van der Waals surface area contributed by atoms with E-state index < -0.39 is 28.8 Å². The summed E-state index contributed by atoms with van der Waals surface area (Å²) in [6.07, 6.45) is -1.33. The molecule has 2 aromatic carbocycles. The highest BCUT2D eigenvalue weighted by atomic mass is 16.7. The number of furan rings is 1. The van der Waals surface area contributed by atoms with Crippen molar-refractivity contribution in [3.8, 4) is 5.75 Å². The number of hydrogen-bond acceptors (Lipinski definition) is 7. The molecule has 0 aliphatic heterocycles. The lowest BCUT2D eigenvalue weighted by molar-refractivity contribution is -0.402. The Balaban J connectivity index is 1.87. The highest BCUT2D eigenvalue weighted by Crippen LogP contribution is 2.28. The average Bonchev–Trinajstić information content (AvgIpc) is 3.23. The summed E-state index contributed by atoms with van der Waals surface area (Å²) < 4.78 is 15.5. The predicted molar refractivity (Wildman–Crippen MR) is 106 cm³/mol. The van der Waals surface area contributed by atoms with Crippen LogP contribution in [0, 0.1) is 17.0 Å². The molecule has 1 amide bonds. The summed E-state index contributed by atoms with van der Waals surface area (Å²) >= 11 is 0. The monoisotopic (exact) mass is 410 g/mol. The Bertz CT molecular complexity index is 1080. The Morgan fingerprint density at radius 3 is 2.47 bits per heavy atom. The predicted octanol–water partition coefficient (Wildman–Crippen LogP) is 4.04. The minimum Gasteiger partial charge on any atom is -0.495 e. The van der Waals surface area contributed by atoms with Crippen LogP contribution in [0.1, 0.15) is 27.8 Å². The molecular weight excluding hydrogens is 392 g/mol. The van der Waals surface area contributed by atoms with E-state index >= 15 is 0 Å². The maximum absolute atomic E-state index is 13.0. The van der Waals surface area contributed by atoms with E-state index in [0.717, 1.165) is 17.7 Å². The molecule has 9 nitrogen and oxygen atoms in total. The molecular formula is C21H18N2O7. The van der Waals surface area contributed by atoms with Crippen LogP contribution in [0.2, 0.25) is 0 Å². The molecule has 1 N–H and O–H groups in total. The smallest absolute Gasteiger partial charge is 0.433 e. The van der Waals surface area contributed by atoms with Gasteiger partial charge in [0.1, 0.15) is 10.7 Å². The van der Waals surface area contributed by atoms with Crippen LogP contribution in [0.5, 0.6) is 5.75 Å². The van der Waals surface area contributed by atoms with E-state index in [1.54, 1.807) is 42.5 Å². The van der Waals surface area contributed by atoms with Crippen molar-refractivity contribution in [3.63, 3.8) is 0 Å². The van der Waals surface area contributed by atoms with Crippen LogP contribution < -0.4 is 10.1 Å². The molecule has 0 spiro atoms. The van der Waals surface area contributed by atoms with Crippen molar-refractivity contribution in [2.45, 2.75) is 13.0 Å². The molecule has 1 atom stereocenters. The van der Waals surface area contributed by atoms with Gasteiger partial charge in [0.05, 0.1) is 18.9 Å². The number of anilines is 1. The van der Waals surface area contributed by atoms with E-state index in [-0.39, 0.29) is 5.76 Å². The largest absolute Gasteiger partial charge is 0.495 e. The lowest BCUT2D eigenvalue weighted by Gasteiger charge is -2.18. The minimum absolute atomic E-state index is 0.386. The number of carbonyl (C=O) groups is 2. The van der Waals surface area contributed by atoms with Gasteiger partial charge in [0.2, 0.25) is 11.9 Å². The molecule has 0 saturated heterocycles. The third kappa shape index (κ3) is 4.64. The third-order valence-corrected chi connectivity index (χ3v) is 4.15. The third-order valence-electron chi connectivity index (χ3n) is 4.15. The van der Waals surface area contributed by atoms with Crippen molar-refractivity contribution in [3.05, 3.63) is 87.7 Å². The number of amides is 1. The lowest BCUT2D eigenvalue weighted by Crippen LogP contribution is -2.26. The number of esters is 1. The van der Waals surface area contributed by atoms with Crippen LogP contribution in [0.4, 0.5) is 11.6 Å². The maximum atomic E-state index is 13.0. The van der Waals surface area contributed by atoms with Crippen LogP contribution in [-0.2, 0) is 9.53 Å². The molecule has 0 radical (unpaired) electrons. The molecule has 0 fully saturated rings. The zero-order valence-corrected chi connectivity index (χ0v) is 16.2. The second-order valence-corrected chi connectivity index (χ2v) is 6.28. The number of nitro groups is 1. The summed E-state index contributed by atoms with van der Waals surface area (Å²) in [6, 6.07) is 15.8. The molecule has 0 aliphatic carbocycles. The van der Waals surface area contributed by atoms with Crippen molar-refractivity contribution < 1.29 is 28.4 Å². The fourth-order valence-electron chi connectivity index (χ4n) is 2.72. The van der Waals surface area contributed by atoms with E-state index in [4.69, 9.17) is 13.9 Å². The van der Waals surface area contributed by atoms with E-state index in [1.165, 1.54) is 7.11 Å². The number of nitrogens with one attached hydrogen (secondary N) is 1. The molecule has 1 heterocycles. The minimum atomic E-state index is -1.33. The van der Waals surface area contributed by atoms with Crippen LogP contribution >= 0.6 is 0 Å². The van der Waals surface area contributed by atoms with Crippen molar-refractivity contribution in [1.29, 1.82) is 0 Å². The van der Waals surface area contributed by atoms with Gasteiger partial charge in [-0.3, -0.25) is 14.9 Å². The summed E-state index contributed by atoms with van der Waals surface area (Å²) in [5.41, 5.74) is 1.71. The van der Waals surface area contributed by atoms with E-state index in [2.05, 4.69) is 5.32 Å². The maximum Gasteiger partial charge on any atom is 0.433 e. The van der Waals surface area contributed by atoms with Gasteiger partial charge in [-0.2, -0.15) is 0 Å². The van der Waals surface area contributed by atoms with Gasteiger partial charge in [-0.05, 0) is 30.7 Å². The molecule has 3 aromatic rings. The number of rotatable bonds is 7. The van der Waals surface area contributed by atoms with Crippen LogP contribution in [0.3, 0.4) is 0 Å². The highest BCUT2D eigenvalue weighted by molar-refractivity contribution is 5.98. The van der Waals surface area contributed by atoms with Crippen molar-refractivity contribution in [2.24, 2.45) is 0 Å². The zero-order chi connectivity index (χ0) is 21.7. The molecule has 0 aliphatic rings. The molecule has 0 saturated carbocycles. The Kier molecular flexibility index (Phi) is 6.11. The Morgan fingerprint density at radius 1 is 1.10 bits per heavy atom. The molecule has 30 heavy (non-hydrogen) atoms. The van der Waals surface area contributed by atoms with Gasteiger partial charge < -0.3 is 19.2 Å². The van der Waals surface area contributed by atoms with Gasteiger partial charge in [-0.25, -0.2) is 4.79 Å². The topological polar surface area (TPSA) is 121 Å². The van der Waals surface area contributed by atoms with Crippen molar-refractivity contribution in [2.75, 3.05) is 12.4 Å². The van der Waals surface area contributed by atoms with Gasteiger partial charge >= 0.3 is 11.9 Å². The standard InChI is InChI=1S/C21H18N2O7/c1-13-8-9-16(28-2)15(12-13)22-20(24)19(14-6-4-3-5-7-14)30-21(25)17-10-11-18(29-17)23(26)27/h3-12,19H,1-2H3,(H,22,24)/t19-/m0/s1. The molecule has 3 rings (SSSR count). The summed E-state index contributed by atoms with van der Waals surface area (Å²) in [7, 11) is 1.47. The van der Waals surface area contributed by atoms with Crippen LogP contribution in [-0.4, -0.2) is 23.9 Å². The number of hydrogen-bond donors (Lipinski definition) is 1. The zero-order valence-electron chi connectivity index (χ0n) is 16.2. The van der Waals surface area contributed by atoms with Gasteiger partial charge in [-0.1, -0.05) is 36.4 Å². The Hall–Kier alpha value is -4.14. The van der Waals surface area contributed by atoms with E-state index in [9.17, 15) is 19.7 Å². The van der Waals surface area contributed by atoms with Crippen LogP contribution in [0.25, 0.3) is 0 Å². The second-order valence-electron chi connectivity index (χ2n) is 6.28. The summed E-state index contributed by atoms with van der Waals surface area (Å²) in [6.45, 7) is 1.85. The first kappa shape index (κ1) is 20.6. The number of nitrogens with zero attached hydrogens (tertiary/aromatic N) is 1. The molecule has 1 aromatic heterocycles. The van der Waals surface area contributed by atoms with Gasteiger partial charge in [-0.15, -0.1) is 0 Å². The molecule has 0 unspecified atom stereocenters. The van der Waals surface area contributed by atoms with Crippen molar-refractivity contribution in [1.82, 2.24) is 0 Å². The van der Waals surface area contributed by atoms with Gasteiger partial charge in [0.15, 0.2) is 0 Å². The number of aryl methyl sites for hydroxylation is 1. The first-order chi connectivity index (χ1) is 14.4. The molecule has 9 heteroatoms. The Morgan fingerprint density at radius 2 is 1.83 bits per heavy atom. The lowest BCUT2D eigenvalue weighted by atomic mass is 10.1. The van der Waals surface area contributed by atoms with E-state index in [0.29, 0.717) is 17.0 Å². The van der Waals surface area contributed by atoms with E-state index in [1.807, 2.05) is 13.0 Å². The SMILES string of the molecule is COc1ccc(C)cc1NC(=O)[C@@H](OC(=O)c1ccc([N+](=O)[O-])o1)c1ccccc1. The fraction of sp³-hybridized carbons (Fsp3) is 0.143. The fourth-order valence-corrected chi connectivity index (χ4v) is 2.72. The number of ether oxygens (including phenoxy) is 2. The first-order valence-electron chi connectivity index (χ1n) is 8.84. The molecule has 0 bridgehead atoms. The number of methoxy groups -OCH3 is 1. The normalized spacial score (nSPS) is 11.4. The van der Waals surface area contributed by atoms with Crippen LogP contribution in [0.15, 0.2) is 65.1 Å². The molecule has 154 valence electrons. The summed E-state index contributed by atoms with van der Waals surface area (Å²) in [4.78, 5) is 35.4. The summed E-state index contributed by atoms with van der Waals surface area (Å²) in [5, 5.41) is 13.5. The second kappa shape index (κ2) is 8.91. The van der Waals surface area contributed by atoms with Gasteiger partial charge in [0.25, 0.3) is 5.91 Å². The first-order valence-corrected chi connectivity index (χ1v) is 8.84. The average molecular weight is 410 g/mol. The summed E-state index contributed by atoms with van der Waals surface area (Å²) in [5.74, 6) is -2.19. The Labute approximate surface area is 171 Å². The van der Waals surface area contributed by atoms with Crippen molar-refractivity contribution >= 4 is 23.4 Å². The van der Waals surface area contributed by atoms with Gasteiger partial charge in [0, 0.05) is 5.56 Å². The number of benzene rings is 2. The number of carbonyl (C=O) groups excluding carboxylic acids is 2. The highest BCUT2D eigenvalue weighted by Gasteiger charge is 2.28. The quantitative estimate of drug-likeness (QED) is 0.354.